The zero-order valence-electron chi connectivity index (χ0n) is 12.9. The van der Waals surface area contributed by atoms with Crippen molar-refractivity contribution >= 4 is 11.0 Å². The van der Waals surface area contributed by atoms with E-state index in [0.29, 0.717) is 6.04 Å². The third-order valence-electron chi connectivity index (χ3n) is 4.61. The Morgan fingerprint density at radius 3 is 2.62 bits per heavy atom. The van der Waals surface area contributed by atoms with Crippen LogP contribution in [0.4, 0.5) is 0 Å². The number of fused-ring (bicyclic) bond motifs is 1. The molecule has 0 saturated heterocycles. The lowest BCUT2D eigenvalue weighted by atomic mass is 9.83. The number of nitrogens with one attached hydrogen (secondary N) is 1. The summed E-state index contributed by atoms with van der Waals surface area (Å²) in [7, 11) is 0. The third-order valence-corrected chi connectivity index (χ3v) is 4.61. The standard InChI is InChI=1S/C18H25N3/c1-2-5-14-8-10-15(11-9-14)19-12-16-13-20-17-6-3-4-7-18(17)21-16/h3-4,6-7,13-15,19H,2,5,8-12H2,1H3. The van der Waals surface area contributed by atoms with E-state index in [4.69, 9.17) is 0 Å². The first-order chi connectivity index (χ1) is 10.3. The SMILES string of the molecule is CCCC1CCC(NCc2cnc3ccccc3n2)CC1. The molecular formula is C18H25N3. The predicted molar refractivity (Wildman–Crippen MR) is 87.0 cm³/mol. The minimum absolute atomic E-state index is 0.659. The van der Waals surface area contributed by atoms with Crippen molar-refractivity contribution in [3.8, 4) is 0 Å². The molecule has 3 nitrogen and oxygen atoms in total. The predicted octanol–water partition coefficient (Wildman–Crippen LogP) is 4.08. The van der Waals surface area contributed by atoms with Crippen molar-refractivity contribution in [1.29, 1.82) is 0 Å². The van der Waals surface area contributed by atoms with Gasteiger partial charge in [-0.3, -0.25) is 4.98 Å². The topological polar surface area (TPSA) is 37.8 Å². The largest absolute Gasteiger partial charge is 0.308 e. The Morgan fingerprint density at radius 2 is 1.86 bits per heavy atom. The van der Waals surface area contributed by atoms with E-state index in [0.717, 1.165) is 29.2 Å². The molecule has 3 rings (SSSR count). The maximum atomic E-state index is 4.68. The van der Waals surface area contributed by atoms with Crippen LogP contribution in [0, 0.1) is 5.92 Å². The number of benzene rings is 1. The lowest BCUT2D eigenvalue weighted by Crippen LogP contribution is -2.33. The summed E-state index contributed by atoms with van der Waals surface area (Å²) in [5.41, 5.74) is 3.01. The van der Waals surface area contributed by atoms with Crippen molar-refractivity contribution < 1.29 is 0 Å². The number of nitrogens with zero attached hydrogens (tertiary/aromatic N) is 2. The molecule has 0 bridgehead atoms. The van der Waals surface area contributed by atoms with Crippen molar-refractivity contribution in [3.05, 3.63) is 36.2 Å². The molecule has 0 amide bonds. The molecule has 0 unspecified atom stereocenters. The molecule has 0 spiro atoms. The van der Waals surface area contributed by atoms with Gasteiger partial charge in [0.25, 0.3) is 0 Å². The van der Waals surface area contributed by atoms with Gasteiger partial charge in [0, 0.05) is 12.6 Å². The van der Waals surface area contributed by atoms with Gasteiger partial charge in [-0.15, -0.1) is 0 Å². The Labute approximate surface area is 127 Å². The average molecular weight is 283 g/mol. The number of para-hydroxylation sites is 2. The van der Waals surface area contributed by atoms with E-state index in [9.17, 15) is 0 Å². The summed E-state index contributed by atoms with van der Waals surface area (Å²) in [4.78, 5) is 9.16. The molecule has 112 valence electrons. The third kappa shape index (κ3) is 3.79. The van der Waals surface area contributed by atoms with E-state index in [-0.39, 0.29) is 0 Å². The van der Waals surface area contributed by atoms with Crippen LogP contribution in [0.3, 0.4) is 0 Å². The van der Waals surface area contributed by atoms with Crippen molar-refractivity contribution in [1.82, 2.24) is 15.3 Å². The average Bonchev–Trinajstić information content (AvgIpc) is 2.54. The second kappa shape index (κ2) is 6.99. The van der Waals surface area contributed by atoms with E-state index in [1.165, 1.54) is 38.5 Å². The summed E-state index contributed by atoms with van der Waals surface area (Å²) in [5, 5.41) is 3.66. The number of hydrogen-bond donors (Lipinski definition) is 1. The highest BCUT2D eigenvalue weighted by Gasteiger charge is 2.20. The zero-order valence-corrected chi connectivity index (χ0v) is 12.9. The van der Waals surface area contributed by atoms with Crippen LogP contribution in [0.2, 0.25) is 0 Å². The smallest absolute Gasteiger partial charge is 0.0890 e. The van der Waals surface area contributed by atoms with Crippen LogP contribution in [-0.2, 0) is 6.54 Å². The van der Waals surface area contributed by atoms with Crippen LogP contribution < -0.4 is 5.32 Å². The molecule has 0 atom stereocenters. The molecule has 2 aromatic rings. The minimum Gasteiger partial charge on any atom is -0.308 e. The van der Waals surface area contributed by atoms with Crippen molar-refractivity contribution in [2.45, 2.75) is 58.0 Å². The second-order valence-corrected chi connectivity index (χ2v) is 6.24. The molecule has 1 saturated carbocycles. The molecule has 1 aliphatic carbocycles. The first-order valence-corrected chi connectivity index (χ1v) is 8.29. The Kier molecular flexibility index (Phi) is 4.81. The van der Waals surface area contributed by atoms with Gasteiger partial charge in [0.15, 0.2) is 0 Å². The molecule has 1 aromatic heterocycles. The van der Waals surface area contributed by atoms with E-state index in [2.05, 4.69) is 22.2 Å². The van der Waals surface area contributed by atoms with Gasteiger partial charge in [-0.05, 0) is 43.7 Å². The van der Waals surface area contributed by atoms with Crippen LogP contribution in [0.25, 0.3) is 11.0 Å². The van der Waals surface area contributed by atoms with Gasteiger partial charge in [0.2, 0.25) is 0 Å². The fraction of sp³-hybridized carbons (Fsp3) is 0.556. The van der Waals surface area contributed by atoms with E-state index in [1.54, 1.807) is 0 Å². The Bertz CT molecular complexity index is 573. The maximum absolute atomic E-state index is 4.68. The van der Waals surface area contributed by atoms with Gasteiger partial charge < -0.3 is 5.32 Å². The van der Waals surface area contributed by atoms with Crippen LogP contribution in [0.5, 0.6) is 0 Å². The summed E-state index contributed by atoms with van der Waals surface area (Å²) in [6, 6.07) is 8.72. The van der Waals surface area contributed by atoms with Crippen LogP contribution >= 0.6 is 0 Å². The highest BCUT2D eigenvalue weighted by Crippen LogP contribution is 2.27. The molecule has 1 aromatic carbocycles. The molecule has 1 N–H and O–H groups in total. The fourth-order valence-corrected chi connectivity index (χ4v) is 3.39. The van der Waals surface area contributed by atoms with Gasteiger partial charge >= 0.3 is 0 Å². The lowest BCUT2D eigenvalue weighted by Gasteiger charge is -2.29. The quantitative estimate of drug-likeness (QED) is 0.898. The fourth-order valence-electron chi connectivity index (χ4n) is 3.39. The van der Waals surface area contributed by atoms with Crippen molar-refractivity contribution in [3.63, 3.8) is 0 Å². The summed E-state index contributed by atoms with van der Waals surface area (Å²) in [5.74, 6) is 0.966. The lowest BCUT2D eigenvalue weighted by molar-refractivity contribution is 0.277. The van der Waals surface area contributed by atoms with E-state index >= 15 is 0 Å². The van der Waals surface area contributed by atoms with Crippen molar-refractivity contribution in [2.75, 3.05) is 0 Å². The molecule has 1 fully saturated rings. The van der Waals surface area contributed by atoms with E-state index < -0.39 is 0 Å². The molecular weight excluding hydrogens is 258 g/mol. The monoisotopic (exact) mass is 283 g/mol. The van der Waals surface area contributed by atoms with Gasteiger partial charge in [0.1, 0.15) is 0 Å². The first-order valence-electron chi connectivity index (χ1n) is 8.29. The van der Waals surface area contributed by atoms with Crippen molar-refractivity contribution in [2.24, 2.45) is 5.92 Å². The summed E-state index contributed by atoms with van der Waals surface area (Å²) < 4.78 is 0. The van der Waals surface area contributed by atoms with Gasteiger partial charge in [-0.25, -0.2) is 4.98 Å². The Balaban J connectivity index is 1.52. The molecule has 0 aliphatic heterocycles. The normalized spacial score (nSPS) is 22.5. The molecule has 1 aliphatic rings. The molecule has 3 heteroatoms. The summed E-state index contributed by atoms with van der Waals surface area (Å²) in [6.07, 6.45) is 10.0. The summed E-state index contributed by atoms with van der Waals surface area (Å²) >= 11 is 0. The Morgan fingerprint density at radius 1 is 1.10 bits per heavy atom. The van der Waals surface area contributed by atoms with Crippen LogP contribution in [0.1, 0.15) is 51.1 Å². The number of hydrogen-bond acceptors (Lipinski definition) is 3. The Hall–Kier alpha value is -1.48. The molecule has 21 heavy (non-hydrogen) atoms. The number of rotatable bonds is 5. The van der Waals surface area contributed by atoms with Gasteiger partial charge in [-0.1, -0.05) is 31.9 Å². The minimum atomic E-state index is 0.659. The highest BCUT2D eigenvalue weighted by atomic mass is 14.9. The zero-order chi connectivity index (χ0) is 14.5. The number of aromatic nitrogens is 2. The second-order valence-electron chi connectivity index (χ2n) is 6.24. The van der Waals surface area contributed by atoms with Crippen LogP contribution in [0.15, 0.2) is 30.5 Å². The van der Waals surface area contributed by atoms with Gasteiger partial charge in [-0.2, -0.15) is 0 Å². The molecule has 1 heterocycles. The molecule has 0 radical (unpaired) electrons. The van der Waals surface area contributed by atoms with Gasteiger partial charge in [0.05, 0.1) is 22.9 Å². The summed E-state index contributed by atoms with van der Waals surface area (Å²) in [6.45, 7) is 3.13. The first kappa shape index (κ1) is 14.5. The van der Waals surface area contributed by atoms with E-state index in [1.807, 2.05) is 30.5 Å². The highest BCUT2D eigenvalue weighted by molar-refractivity contribution is 5.73. The maximum Gasteiger partial charge on any atom is 0.0890 e. The van der Waals surface area contributed by atoms with Crippen LogP contribution in [-0.4, -0.2) is 16.0 Å².